The van der Waals surface area contributed by atoms with Crippen molar-refractivity contribution in [1.29, 1.82) is 0 Å². The number of piperazine rings is 1. The van der Waals surface area contributed by atoms with Gasteiger partial charge in [-0.15, -0.1) is 24.0 Å². The molecule has 1 aromatic carbocycles. The molecule has 1 N–H and O–H groups in total. The fourth-order valence-electron chi connectivity index (χ4n) is 3.35. The first kappa shape index (κ1) is 24.0. The maximum Gasteiger partial charge on any atom is 0.193 e. The minimum absolute atomic E-state index is 0. The number of hydrogen-bond donors (Lipinski definition) is 1. The molecule has 27 heavy (non-hydrogen) atoms. The predicted molar refractivity (Wildman–Crippen MR) is 124 cm³/mol. The van der Waals surface area contributed by atoms with E-state index in [2.05, 4.69) is 58.0 Å². The molecule has 0 saturated carbocycles. The lowest BCUT2D eigenvalue weighted by Gasteiger charge is -2.38. The molecule has 0 aliphatic carbocycles. The van der Waals surface area contributed by atoms with E-state index in [0.29, 0.717) is 6.04 Å². The normalized spacial score (nSPS) is 17.1. The standard InChI is InChI=1S/C20H35N5O.HI/c1-6-24-11-13-25(14-12-24)17(2)15-22-20(21-3)23(4)16-18-7-9-19(26-5)10-8-18;/h7-10,17H,6,11-16H2,1-5H3,(H,21,22);1H. The van der Waals surface area contributed by atoms with Gasteiger partial charge < -0.3 is 19.9 Å². The van der Waals surface area contributed by atoms with E-state index in [1.54, 1.807) is 7.11 Å². The Morgan fingerprint density at radius 1 is 1.22 bits per heavy atom. The zero-order valence-electron chi connectivity index (χ0n) is 17.4. The number of benzene rings is 1. The van der Waals surface area contributed by atoms with E-state index in [1.807, 2.05) is 19.2 Å². The molecule has 2 rings (SSSR count). The second kappa shape index (κ2) is 12.4. The lowest BCUT2D eigenvalue weighted by Crippen LogP contribution is -2.53. The third-order valence-electron chi connectivity index (χ3n) is 5.19. The second-order valence-electron chi connectivity index (χ2n) is 6.95. The van der Waals surface area contributed by atoms with E-state index in [-0.39, 0.29) is 24.0 Å². The Morgan fingerprint density at radius 2 is 1.85 bits per heavy atom. The molecular formula is C20H36IN5O. The number of likely N-dealkylation sites (N-methyl/N-ethyl adjacent to an activating group) is 1. The van der Waals surface area contributed by atoms with Gasteiger partial charge in [0.2, 0.25) is 0 Å². The fourth-order valence-corrected chi connectivity index (χ4v) is 3.35. The number of nitrogens with zero attached hydrogens (tertiary/aromatic N) is 4. The van der Waals surface area contributed by atoms with Crippen LogP contribution in [-0.4, -0.2) is 87.2 Å². The van der Waals surface area contributed by atoms with Crippen molar-refractivity contribution in [2.75, 3.05) is 60.5 Å². The molecular weight excluding hydrogens is 453 g/mol. The lowest BCUT2D eigenvalue weighted by molar-refractivity contribution is 0.107. The highest BCUT2D eigenvalue weighted by Gasteiger charge is 2.20. The fraction of sp³-hybridized carbons (Fsp3) is 0.650. The molecule has 1 atom stereocenters. The summed E-state index contributed by atoms with van der Waals surface area (Å²) in [7, 11) is 5.61. The number of aliphatic imine (C=N–C) groups is 1. The Labute approximate surface area is 182 Å². The van der Waals surface area contributed by atoms with Crippen molar-refractivity contribution < 1.29 is 4.74 Å². The van der Waals surface area contributed by atoms with Crippen molar-refractivity contribution in [3.05, 3.63) is 29.8 Å². The summed E-state index contributed by atoms with van der Waals surface area (Å²) >= 11 is 0. The van der Waals surface area contributed by atoms with Crippen LogP contribution in [0.3, 0.4) is 0 Å². The molecule has 1 heterocycles. The van der Waals surface area contributed by atoms with Crippen LogP contribution in [-0.2, 0) is 6.54 Å². The highest BCUT2D eigenvalue weighted by atomic mass is 127. The minimum Gasteiger partial charge on any atom is -0.497 e. The van der Waals surface area contributed by atoms with Gasteiger partial charge in [-0.25, -0.2) is 0 Å². The van der Waals surface area contributed by atoms with Crippen LogP contribution in [0.1, 0.15) is 19.4 Å². The summed E-state index contributed by atoms with van der Waals surface area (Å²) in [5, 5.41) is 3.53. The number of guanidine groups is 1. The van der Waals surface area contributed by atoms with Crippen LogP contribution in [0.5, 0.6) is 5.75 Å². The summed E-state index contributed by atoms with van der Waals surface area (Å²) in [6.07, 6.45) is 0. The number of methoxy groups -OCH3 is 1. The minimum atomic E-state index is 0. The van der Waals surface area contributed by atoms with Crippen LogP contribution in [0.15, 0.2) is 29.3 Å². The van der Waals surface area contributed by atoms with Crippen molar-refractivity contribution in [3.63, 3.8) is 0 Å². The SMILES string of the molecule is CCN1CCN(C(C)CNC(=NC)N(C)Cc2ccc(OC)cc2)CC1.I. The van der Waals surface area contributed by atoms with Crippen LogP contribution in [0.25, 0.3) is 0 Å². The third-order valence-corrected chi connectivity index (χ3v) is 5.19. The van der Waals surface area contributed by atoms with E-state index in [1.165, 1.54) is 18.7 Å². The maximum atomic E-state index is 5.22. The largest absolute Gasteiger partial charge is 0.497 e. The quantitative estimate of drug-likeness (QED) is 0.362. The number of nitrogens with one attached hydrogen (secondary N) is 1. The lowest BCUT2D eigenvalue weighted by atomic mass is 10.2. The molecule has 0 spiro atoms. The first-order valence-corrected chi connectivity index (χ1v) is 9.58. The topological polar surface area (TPSA) is 43.3 Å². The molecule has 154 valence electrons. The van der Waals surface area contributed by atoms with Crippen LogP contribution in [0.2, 0.25) is 0 Å². The van der Waals surface area contributed by atoms with E-state index in [4.69, 9.17) is 4.74 Å². The third kappa shape index (κ3) is 7.46. The summed E-state index contributed by atoms with van der Waals surface area (Å²) in [6.45, 7) is 12.1. The van der Waals surface area contributed by atoms with Gasteiger partial charge in [0.25, 0.3) is 0 Å². The summed E-state index contributed by atoms with van der Waals surface area (Å²) in [5.41, 5.74) is 1.24. The highest BCUT2D eigenvalue weighted by molar-refractivity contribution is 14.0. The Morgan fingerprint density at radius 3 is 2.37 bits per heavy atom. The van der Waals surface area contributed by atoms with Gasteiger partial charge in [0.1, 0.15) is 5.75 Å². The number of rotatable bonds is 7. The van der Waals surface area contributed by atoms with Crippen LogP contribution in [0, 0.1) is 0 Å². The van der Waals surface area contributed by atoms with E-state index in [9.17, 15) is 0 Å². The molecule has 7 heteroatoms. The molecule has 6 nitrogen and oxygen atoms in total. The Balaban J connectivity index is 0.00000364. The number of halogens is 1. The van der Waals surface area contributed by atoms with Gasteiger partial charge in [-0.2, -0.15) is 0 Å². The molecule has 0 aromatic heterocycles. The zero-order chi connectivity index (χ0) is 18.9. The Hall–Kier alpha value is -1.06. The smallest absolute Gasteiger partial charge is 0.193 e. The van der Waals surface area contributed by atoms with Gasteiger partial charge in [0.15, 0.2) is 5.96 Å². The van der Waals surface area contributed by atoms with Gasteiger partial charge in [0, 0.05) is 59.4 Å². The summed E-state index contributed by atoms with van der Waals surface area (Å²) in [6, 6.07) is 8.69. The molecule has 0 bridgehead atoms. The van der Waals surface area contributed by atoms with Gasteiger partial charge in [0.05, 0.1) is 7.11 Å². The Kier molecular flexibility index (Phi) is 11.0. The number of ether oxygens (including phenoxy) is 1. The first-order valence-electron chi connectivity index (χ1n) is 9.58. The molecule has 1 fully saturated rings. The van der Waals surface area contributed by atoms with E-state index in [0.717, 1.165) is 44.4 Å². The van der Waals surface area contributed by atoms with Gasteiger partial charge in [-0.05, 0) is 31.2 Å². The predicted octanol–water partition coefficient (Wildman–Crippen LogP) is 2.35. The van der Waals surface area contributed by atoms with Crippen molar-refractivity contribution in [2.24, 2.45) is 4.99 Å². The Bertz CT molecular complexity index is 558. The maximum absolute atomic E-state index is 5.22. The van der Waals surface area contributed by atoms with Gasteiger partial charge in [-0.1, -0.05) is 19.1 Å². The van der Waals surface area contributed by atoms with Crippen molar-refractivity contribution in [3.8, 4) is 5.75 Å². The molecule has 1 aliphatic rings. The van der Waals surface area contributed by atoms with Crippen molar-refractivity contribution in [1.82, 2.24) is 20.0 Å². The first-order chi connectivity index (χ1) is 12.6. The average molecular weight is 489 g/mol. The molecule has 1 aromatic rings. The van der Waals surface area contributed by atoms with Crippen LogP contribution in [0.4, 0.5) is 0 Å². The zero-order valence-corrected chi connectivity index (χ0v) is 19.8. The molecule has 1 unspecified atom stereocenters. The molecule has 0 amide bonds. The number of hydrogen-bond acceptors (Lipinski definition) is 4. The van der Waals surface area contributed by atoms with Gasteiger partial charge >= 0.3 is 0 Å². The summed E-state index contributed by atoms with van der Waals surface area (Å²) in [4.78, 5) is 11.7. The van der Waals surface area contributed by atoms with Gasteiger partial charge in [-0.3, -0.25) is 9.89 Å². The summed E-state index contributed by atoms with van der Waals surface area (Å²) in [5.74, 6) is 1.82. The molecule has 1 saturated heterocycles. The molecule has 0 radical (unpaired) electrons. The average Bonchev–Trinajstić information content (AvgIpc) is 2.69. The second-order valence-corrected chi connectivity index (χ2v) is 6.95. The van der Waals surface area contributed by atoms with Crippen molar-refractivity contribution in [2.45, 2.75) is 26.4 Å². The highest BCUT2D eigenvalue weighted by Crippen LogP contribution is 2.12. The van der Waals surface area contributed by atoms with Crippen LogP contribution >= 0.6 is 24.0 Å². The summed E-state index contributed by atoms with van der Waals surface area (Å²) < 4.78 is 5.22. The molecule has 1 aliphatic heterocycles. The van der Waals surface area contributed by atoms with Crippen LogP contribution < -0.4 is 10.1 Å². The monoisotopic (exact) mass is 489 g/mol. The van der Waals surface area contributed by atoms with E-state index >= 15 is 0 Å². The van der Waals surface area contributed by atoms with E-state index < -0.39 is 0 Å². The van der Waals surface area contributed by atoms with Crippen molar-refractivity contribution >= 4 is 29.9 Å².